The summed E-state index contributed by atoms with van der Waals surface area (Å²) in [7, 11) is 0. The minimum absolute atomic E-state index is 0.165. The second-order valence-electron chi connectivity index (χ2n) is 23.4. The maximum atomic E-state index is 13.3. The second-order valence-corrected chi connectivity index (χ2v) is 23.4. The molecule has 0 saturated carbocycles. The van der Waals surface area contributed by atoms with Gasteiger partial charge in [-0.1, -0.05) is 0 Å². The Morgan fingerprint density at radius 2 is 0.699 bits per heavy atom. The lowest BCUT2D eigenvalue weighted by molar-refractivity contribution is -0.398. The van der Waals surface area contributed by atoms with Crippen molar-refractivity contribution in [2.75, 3.05) is 39.6 Å². The SMILES string of the molecule is CC(=O)NC1C(OC2C(O)C(CO)OC(OC(C(O)CO)C(O)C(O)C=O)C2O)OC(CO)C(OC2OC(CO)C(O)C(OC3OC(CO)C(OC4OC(C)C(O)C(O)C4O)C(OC4OC(CO)C(O)C(O)C4O)C3NC(C)=O)C2O)C1OC1OC(C)C(O)C(O)C1O. The van der Waals surface area contributed by atoms with Crippen molar-refractivity contribution in [3.05, 3.63) is 0 Å². The van der Waals surface area contributed by atoms with Gasteiger partial charge >= 0.3 is 0 Å². The van der Waals surface area contributed by atoms with E-state index in [4.69, 9.17) is 66.3 Å². The molecule has 7 aliphatic rings. The molecule has 24 N–H and O–H groups in total. The number of nitrogens with one attached hydrogen (secondary N) is 2. The lowest BCUT2D eigenvalue weighted by Gasteiger charge is -2.52. The molecule has 2 amide bonds. The van der Waals surface area contributed by atoms with Gasteiger partial charge in [-0.05, 0) is 13.8 Å². The summed E-state index contributed by atoms with van der Waals surface area (Å²) in [5, 5.41) is 244. The molecule has 41 nitrogen and oxygen atoms in total. The zero-order valence-electron chi connectivity index (χ0n) is 50.1. The molecule has 0 bridgehead atoms. The molecule has 0 aromatic carbocycles. The summed E-state index contributed by atoms with van der Waals surface area (Å²) in [6, 6.07) is -3.95. The molecule has 7 rings (SSSR count). The molecule has 0 aromatic rings. The van der Waals surface area contributed by atoms with E-state index >= 15 is 0 Å². The standard InChI is InChI=1S/C52H88N2O39/c1-12-25(66)31(72)34(75)48(80-12)88-40-21(10-60)85-47(24(54-15(4)63)43(40)91-50-36(77)33(74)28(69)18(7-57)82-50)93-45-30(71)20(9-59)84-52(38(45)79)89-41-22(11-61)86-46(23(53-14(3)62)42(41)90-49-35(76)32(73)26(67)13(2)81-49)92-44-29(70)19(8-58)83-51(37(44)78)87-39(17(65)6-56)27(68)16(64)5-55/h5,12-13,16-52,56-61,64-79H,6-11H2,1-4H3,(H,53,62)(H,54,63). The summed E-state index contributed by atoms with van der Waals surface area (Å²) >= 11 is 0. The van der Waals surface area contributed by atoms with Crippen LogP contribution in [0.5, 0.6) is 0 Å². The summed E-state index contributed by atoms with van der Waals surface area (Å²) in [5.41, 5.74) is 0. The summed E-state index contributed by atoms with van der Waals surface area (Å²) < 4.78 is 83.2. The topological polar surface area (TPSA) is 650 Å². The van der Waals surface area contributed by atoms with Gasteiger partial charge in [-0.15, -0.1) is 0 Å². The maximum Gasteiger partial charge on any atom is 0.217 e. The third-order valence-corrected chi connectivity index (χ3v) is 16.9. The van der Waals surface area contributed by atoms with Crippen molar-refractivity contribution in [2.24, 2.45) is 0 Å². The van der Waals surface area contributed by atoms with Crippen molar-refractivity contribution in [1.29, 1.82) is 0 Å². The van der Waals surface area contributed by atoms with E-state index in [1.165, 1.54) is 13.8 Å². The van der Waals surface area contributed by atoms with Crippen molar-refractivity contribution in [1.82, 2.24) is 10.6 Å². The molecule has 540 valence electrons. The number of carbonyl (C=O) groups excluding carboxylic acids is 3. The van der Waals surface area contributed by atoms with Crippen LogP contribution in [0.4, 0.5) is 0 Å². The smallest absolute Gasteiger partial charge is 0.217 e. The van der Waals surface area contributed by atoms with Crippen molar-refractivity contribution >= 4 is 18.1 Å². The Labute approximate surface area is 527 Å². The van der Waals surface area contributed by atoms with E-state index in [1.807, 2.05) is 0 Å². The van der Waals surface area contributed by atoms with Gasteiger partial charge in [0, 0.05) is 13.8 Å². The molecule has 93 heavy (non-hydrogen) atoms. The number of hydrogen-bond acceptors (Lipinski definition) is 39. The maximum absolute atomic E-state index is 13.3. The van der Waals surface area contributed by atoms with E-state index < -0.39 is 291 Å². The van der Waals surface area contributed by atoms with Gasteiger partial charge in [-0.3, -0.25) is 9.59 Å². The first-order valence-corrected chi connectivity index (χ1v) is 29.6. The minimum atomic E-state index is -2.45. The molecular formula is C52H88N2O39. The van der Waals surface area contributed by atoms with Crippen LogP contribution >= 0.6 is 0 Å². The first-order chi connectivity index (χ1) is 43.9. The Hall–Kier alpha value is -2.83. The van der Waals surface area contributed by atoms with Gasteiger partial charge in [0.05, 0.1) is 51.8 Å². The van der Waals surface area contributed by atoms with Crippen molar-refractivity contribution in [2.45, 2.75) is 267 Å². The van der Waals surface area contributed by atoms with Gasteiger partial charge in [-0.25, -0.2) is 0 Å². The van der Waals surface area contributed by atoms with E-state index in [0.29, 0.717) is 0 Å². The molecule has 0 spiro atoms. The molecular weight excluding hydrogens is 1280 g/mol. The lowest BCUT2D eigenvalue weighted by Crippen LogP contribution is -2.72. The molecule has 39 atom stereocenters. The highest BCUT2D eigenvalue weighted by Crippen LogP contribution is 2.40. The van der Waals surface area contributed by atoms with E-state index in [-0.39, 0.29) is 6.29 Å². The Kier molecular flexibility index (Phi) is 28.2. The van der Waals surface area contributed by atoms with Gasteiger partial charge in [0.15, 0.2) is 50.3 Å². The fourth-order valence-electron chi connectivity index (χ4n) is 11.7. The van der Waals surface area contributed by atoms with E-state index in [1.54, 1.807) is 0 Å². The molecule has 0 aromatic heterocycles. The molecule has 7 fully saturated rings. The lowest BCUT2D eigenvalue weighted by atomic mass is 9.93. The second kappa shape index (κ2) is 33.8. The first-order valence-electron chi connectivity index (χ1n) is 29.6. The van der Waals surface area contributed by atoms with Crippen LogP contribution < -0.4 is 10.6 Å². The zero-order chi connectivity index (χ0) is 68.9. The first kappa shape index (κ1) is 77.5. The highest BCUT2D eigenvalue weighted by atomic mass is 16.8. The fraction of sp³-hybridized carbons (Fsp3) is 0.942. The van der Waals surface area contributed by atoms with E-state index in [0.717, 1.165) is 13.8 Å². The van der Waals surface area contributed by atoms with E-state index in [9.17, 15) is 127 Å². The van der Waals surface area contributed by atoms with Crippen LogP contribution in [-0.4, -0.2) is 409 Å². The normalized spacial score (nSPS) is 48.0. The monoisotopic (exact) mass is 1360 g/mol. The van der Waals surface area contributed by atoms with Gasteiger partial charge in [-0.2, -0.15) is 0 Å². The average molecular weight is 1370 g/mol. The number of aliphatic hydroxyl groups excluding tert-OH is 22. The van der Waals surface area contributed by atoms with Gasteiger partial charge in [0.25, 0.3) is 0 Å². The van der Waals surface area contributed by atoms with Crippen LogP contribution in [0.3, 0.4) is 0 Å². The summed E-state index contributed by atoms with van der Waals surface area (Å²) in [6.07, 6.45) is -75.7. The van der Waals surface area contributed by atoms with Crippen molar-refractivity contribution < 1.29 is 193 Å². The van der Waals surface area contributed by atoms with Crippen molar-refractivity contribution in [3.8, 4) is 0 Å². The third-order valence-electron chi connectivity index (χ3n) is 16.9. The molecule has 39 unspecified atom stereocenters. The number of hydrogen-bond donors (Lipinski definition) is 24. The van der Waals surface area contributed by atoms with Crippen LogP contribution in [-0.2, 0) is 80.7 Å². The number of aldehydes is 1. The number of carbonyl (C=O) groups is 3. The Morgan fingerprint density at radius 3 is 1.06 bits per heavy atom. The van der Waals surface area contributed by atoms with Crippen LogP contribution in [0.25, 0.3) is 0 Å². The molecule has 41 heteroatoms. The van der Waals surface area contributed by atoms with Gasteiger partial charge < -0.3 is 194 Å². The highest BCUT2D eigenvalue weighted by Gasteiger charge is 2.61. The molecule has 7 heterocycles. The van der Waals surface area contributed by atoms with E-state index in [2.05, 4.69) is 10.6 Å². The Balaban J connectivity index is 1.26. The predicted octanol–water partition coefficient (Wildman–Crippen LogP) is -16.3. The number of rotatable bonds is 26. The van der Waals surface area contributed by atoms with Gasteiger partial charge in [0.2, 0.25) is 11.8 Å². The summed E-state index contributed by atoms with van der Waals surface area (Å²) in [6.45, 7) is -2.46. The average Bonchev–Trinajstić information content (AvgIpc) is 0.793. The highest BCUT2D eigenvalue weighted by molar-refractivity contribution is 5.73. The number of ether oxygens (including phenoxy) is 14. The minimum Gasteiger partial charge on any atom is -0.394 e. The van der Waals surface area contributed by atoms with Gasteiger partial charge in [0.1, 0.15) is 183 Å². The van der Waals surface area contributed by atoms with Crippen molar-refractivity contribution in [3.63, 3.8) is 0 Å². The quantitative estimate of drug-likeness (QED) is 0.0358. The predicted molar refractivity (Wildman–Crippen MR) is 286 cm³/mol. The summed E-state index contributed by atoms with van der Waals surface area (Å²) in [4.78, 5) is 37.9. The fourth-order valence-corrected chi connectivity index (χ4v) is 11.7. The number of amides is 2. The Bertz CT molecular complexity index is 2330. The molecule has 0 aliphatic carbocycles. The molecule has 7 saturated heterocycles. The molecule has 7 aliphatic heterocycles. The zero-order valence-corrected chi connectivity index (χ0v) is 50.1. The van der Waals surface area contributed by atoms with Crippen LogP contribution in [0.1, 0.15) is 27.7 Å². The largest absolute Gasteiger partial charge is 0.394 e. The molecule has 0 radical (unpaired) electrons. The Morgan fingerprint density at radius 1 is 0.387 bits per heavy atom. The van der Waals surface area contributed by atoms with Crippen LogP contribution in [0.15, 0.2) is 0 Å². The third kappa shape index (κ3) is 17.1. The summed E-state index contributed by atoms with van der Waals surface area (Å²) in [5.74, 6) is -1.95. The van der Waals surface area contributed by atoms with Crippen LogP contribution in [0.2, 0.25) is 0 Å². The number of aliphatic hydroxyl groups is 22. The van der Waals surface area contributed by atoms with Crippen LogP contribution in [0, 0.1) is 0 Å².